The summed E-state index contributed by atoms with van der Waals surface area (Å²) in [7, 11) is 3.62. The number of nitriles is 1. The highest BCUT2D eigenvalue weighted by Gasteiger charge is 2.31. The Labute approximate surface area is 242 Å². The summed E-state index contributed by atoms with van der Waals surface area (Å²) in [6.07, 6.45) is 6.24. The van der Waals surface area contributed by atoms with Crippen molar-refractivity contribution in [2.75, 3.05) is 45.1 Å². The van der Waals surface area contributed by atoms with Gasteiger partial charge in [-0.25, -0.2) is 4.98 Å². The minimum atomic E-state index is -0.785. The van der Waals surface area contributed by atoms with E-state index in [2.05, 4.69) is 43.5 Å². The normalized spacial score (nSPS) is 15.7. The maximum atomic E-state index is 13.1. The fourth-order valence-corrected chi connectivity index (χ4v) is 5.36. The van der Waals surface area contributed by atoms with Crippen LogP contribution in [0.1, 0.15) is 51.8 Å². The Balaban J connectivity index is 1.50. The van der Waals surface area contributed by atoms with E-state index in [0.717, 1.165) is 43.9 Å². The molecule has 3 aromatic heterocycles. The number of aromatic hydroxyl groups is 1. The van der Waals surface area contributed by atoms with Crippen LogP contribution in [0, 0.1) is 11.3 Å². The predicted octanol–water partition coefficient (Wildman–Crippen LogP) is 1.98. The summed E-state index contributed by atoms with van der Waals surface area (Å²) in [4.78, 5) is 35.3. The number of nitrogens with one attached hydrogen (secondary N) is 1. The Kier molecular flexibility index (Phi) is 8.46. The van der Waals surface area contributed by atoms with Crippen molar-refractivity contribution in [3.8, 4) is 11.8 Å². The zero-order valence-corrected chi connectivity index (χ0v) is 23.8. The number of aromatic nitrogens is 5. The van der Waals surface area contributed by atoms with E-state index in [-0.39, 0.29) is 11.5 Å². The Bertz CT molecular complexity index is 1650. The van der Waals surface area contributed by atoms with Gasteiger partial charge in [-0.2, -0.15) is 10.4 Å². The molecule has 0 saturated carbocycles. The molecule has 1 amide bonds. The van der Waals surface area contributed by atoms with Crippen LogP contribution < -0.4 is 10.9 Å². The van der Waals surface area contributed by atoms with Gasteiger partial charge in [-0.3, -0.25) is 23.7 Å². The second-order valence-electron chi connectivity index (χ2n) is 10.5. The number of carbonyl (C=O) groups excluding carboxylic acids is 1. The summed E-state index contributed by atoms with van der Waals surface area (Å²) in [5, 5.41) is 31.2. The molecule has 13 heteroatoms. The van der Waals surface area contributed by atoms with E-state index in [1.165, 1.54) is 24.1 Å². The molecule has 1 fully saturated rings. The fourth-order valence-electron chi connectivity index (χ4n) is 5.36. The van der Waals surface area contributed by atoms with Crippen molar-refractivity contribution in [1.29, 1.82) is 5.26 Å². The number of nitrogens with zero attached hydrogens (tertiary/aromatic N) is 8. The average molecular weight is 572 g/mol. The SMILES string of the molecule is C[C@@H](c1nc(C(=O)Nc2cnoc2)c(O)c(=O)n1C)[C@H](c1cnn(CCN2CCN(C)CC2)c1)c1ccccc1C#N. The summed E-state index contributed by atoms with van der Waals surface area (Å²) in [6, 6.07) is 9.55. The second kappa shape index (κ2) is 12.4. The van der Waals surface area contributed by atoms with Gasteiger partial charge in [-0.05, 0) is 24.2 Å². The molecule has 0 bridgehead atoms. The van der Waals surface area contributed by atoms with E-state index in [1.807, 2.05) is 29.9 Å². The first kappa shape index (κ1) is 28.7. The molecule has 218 valence electrons. The molecule has 0 aliphatic carbocycles. The van der Waals surface area contributed by atoms with Crippen molar-refractivity contribution >= 4 is 11.6 Å². The smallest absolute Gasteiger partial charge is 0.296 e. The van der Waals surface area contributed by atoms with Crippen molar-refractivity contribution in [2.24, 2.45) is 7.05 Å². The molecular formula is C29H33N9O4. The molecule has 1 aliphatic heterocycles. The van der Waals surface area contributed by atoms with Crippen LogP contribution in [0.25, 0.3) is 0 Å². The number of piperazine rings is 1. The topological polar surface area (TPSA) is 158 Å². The summed E-state index contributed by atoms with van der Waals surface area (Å²) in [5.74, 6) is -2.23. The van der Waals surface area contributed by atoms with Gasteiger partial charge in [0.1, 0.15) is 17.8 Å². The highest BCUT2D eigenvalue weighted by molar-refractivity contribution is 6.04. The molecule has 2 N–H and O–H groups in total. The maximum Gasteiger partial charge on any atom is 0.296 e. The molecule has 4 aromatic rings. The molecule has 0 unspecified atom stereocenters. The lowest BCUT2D eigenvalue weighted by atomic mass is 9.80. The number of benzene rings is 1. The predicted molar refractivity (Wildman–Crippen MR) is 153 cm³/mol. The lowest BCUT2D eigenvalue weighted by molar-refractivity contribution is 0.101. The zero-order chi connectivity index (χ0) is 29.8. The molecule has 13 nitrogen and oxygen atoms in total. The largest absolute Gasteiger partial charge is 0.501 e. The highest BCUT2D eigenvalue weighted by atomic mass is 16.5. The summed E-state index contributed by atoms with van der Waals surface area (Å²) >= 11 is 0. The molecule has 0 spiro atoms. The van der Waals surface area contributed by atoms with Gasteiger partial charge in [0.25, 0.3) is 11.5 Å². The van der Waals surface area contributed by atoms with Gasteiger partial charge in [0.2, 0.25) is 5.75 Å². The third-order valence-corrected chi connectivity index (χ3v) is 7.78. The third-order valence-electron chi connectivity index (χ3n) is 7.78. The first-order valence-corrected chi connectivity index (χ1v) is 13.7. The average Bonchev–Trinajstić information content (AvgIpc) is 3.68. The highest BCUT2D eigenvalue weighted by Crippen LogP contribution is 2.39. The first-order valence-electron chi connectivity index (χ1n) is 13.7. The third kappa shape index (κ3) is 5.95. The summed E-state index contributed by atoms with van der Waals surface area (Å²) < 4.78 is 7.87. The van der Waals surface area contributed by atoms with Crippen LogP contribution >= 0.6 is 0 Å². The molecular weight excluding hydrogens is 538 g/mol. The van der Waals surface area contributed by atoms with E-state index in [9.17, 15) is 20.0 Å². The van der Waals surface area contributed by atoms with E-state index < -0.39 is 34.7 Å². The van der Waals surface area contributed by atoms with Crippen LogP contribution in [0.4, 0.5) is 5.69 Å². The number of hydrogen-bond donors (Lipinski definition) is 2. The van der Waals surface area contributed by atoms with Gasteiger partial charge in [0.05, 0.1) is 30.6 Å². The number of anilines is 1. The minimum absolute atomic E-state index is 0.251. The van der Waals surface area contributed by atoms with Crippen molar-refractivity contribution in [3.05, 3.63) is 87.7 Å². The van der Waals surface area contributed by atoms with Crippen molar-refractivity contribution in [2.45, 2.75) is 25.3 Å². The number of likely N-dealkylation sites (N-methyl/N-ethyl adjacent to an activating group) is 1. The zero-order valence-electron chi connectivity index (χ0n) is 23.8. The van der Waals surface area contributed by atoms with Crippen molar-refractivity contribution in [3.63, 3.8) is 0 Å². The number of hydrogen-bond acceptors (Lipinski definition) is 10. The van der Waals surface area contributed by atoms with Gasteiger partial charge in [0.15, 0.2) is 5.69 Å². The fraction of sp³-hybridized carbons (Fsp3) is 0.379. The van der Waals surface area contributed by atoms with Crippen LogP contribution in [-0.2, 0) is 13.6 Å². The second-order valence-corrected chi connectivity index (χ2v) is 10.5. The van der Waals surface area contributed by atoms with Crippen molar-refractivity contribution in [1.82, 2.24) is 34.3 Å². The lowest BCUT2D eigenvalue weighted by Crippen LogP contribution is -2.45. The molecule has 0 radical (unpaired) electrons. The molecule has 2 atom stereocenters. The van der Waals surface area contributed by atoms with E-state index in [4.69, 9.17) is 4.52 Å². The van der Waals surface area contributed by atoms with Crippen LogP contribution in [0.2, 0.25) is 0 Å². The molecule has 5 rings (SSSR count). The maximum absolute atomic E-state index is 13.1. The number of carbonyl (C=O) groups is 1. The van der Waals surface area contributed by atoms with E-state index in [1.54, 1.807) is 18.3 Å². The Morgan fingerprint density at radius 2 is 1.93 bits per heavy atom. The van der Waals surface area contributed by atoms with Gasteiger partial charge in [-0.15, -0.1) is 0 Å². The Morgan fingerprint density at radius 1 is 1.17 bits per heavy atom. The molecule has 1 saturated heterocycles. The Hall–Kier alpha value is -4.80. The molecule has 4 heterocycles. The van der Waals surface area contributed by atoms with Crippen LogP contribution in [-0.4, -0.2) is 85.1 Å². The van der Waals surface area contributed by atoms with Crippen LogP contribution in [0.15, 0.2) is 58.4 Å². The summed E-state index contributed by atoms with van der Waals surface area (Å²) in [6.45, 7) is 7.52. The van der Waals surface area contributed by atoms with Crippen LogP contribution in [0.3, 0.4) is 0 Å². The standard InChI is InChI=1S/C29H33N9O4/c1-19(27-34-25(26(39)29(41)36(27)3)28(40)33-22-16-32-42-18-22)24(23-7-5-4-6-20(23)14-30)21-15-31-38(17-21)13-12-37-10-8-35(2)9-11-37/h4-7,15-19,24,39H,8-13H2,1-3H3,(H,33,40)/t19-,24-/m1/s1. The number of rotatable bonds is 9. The Morgan fingerprint density at radius 3 is 2.64 bits per heavy atom. The van der Waals surface area contributed by atoms with Gasteiger partial charge in [0, 0.05) is 57.8 Å². The lowest BCUT2D eigenvalue weighted by Gasteiger charge is -2.32. The molecule has 1 aromatic carbocycles. The molecule has 1 aliphatic rings. The quantitative estimate of drug-likeness (QED) is 0.304. The minimum Gasteiger partial charge on any atom is -0.501 e. The van der Waals surface area contributed by atoms with Crippen LogP contribution in [0.5, 0.6) is 5.75 Å². The van der Waals surface area contributed by atoms with Crippen molar-refractivity contribution < 1.29 is 14.4 Å². The van der Waals surface area contributed by atoms with Gasteiger partial charge in [-0.1, -0.05) is 30.3 Å². The number of amides is 1. The summed E-state index contributed by atoms with van der Waals surface area (Å²) in [5.41, 5.74) is 1.12. The monoisotopic (exact) mass is 571 g/mol. The van der Waals surface area contributed by atoms with E-state index in [0.29, 0.717) is 12.1 Å². The first-order chi connectivity index (χ1) is 20.3. The van der Waals surface area contributed by atoms with E-state index >= 15 is 0 Å². The van der Waals surface area contributed by atoms with Gasteiger partial charge < -0.3 is 19.8 Å². The molecule has 42 heavy (non-hydrogen) atoms. The van der Waals surface area contributed by atoms with Gasteiger partial charge >= 0.3 is 0 Å².